The summed E-state index contributed by atoms with van der Waals surface area (Å²) in [6.45, 7) is 9.65. The monoisotopic (exact) mass is 474 g/mol. The highest BCUT2D eigenvalue weighted by Crippen LogP contribution is 2.23. The van der Waals surface area contributed by atoms with Gasteiger partial charge in [0.05, 0.1) is 24.9 Å². The summed E-state index contributed by atoms with van der Waals surface area (Å²) < 4.78 is 10.5. The van der Waals surface area contributed by atoms with Gasteiger partial charge in [0.15, 0.2) is 0 Å². The molecule has 1 aromatic carbocycles. The SMILES string of the molecule is CCc1nc(CN2CCN(C(=O)C(NC(=O)c3cc(OC)cc(OC)c3)C(C)C)CC2)cs1. The number of piperazine rings is 1. The van der Waals surface area contributed by atoms with Crippen molar-refractivity contribution in [1.29, 1.82) is 0 Å². The number of methoxy groups -OCH3 is 2. The molecule has 0 saturated carbocycles. The number of amides is 2. The molecule has 2 heterocycles. The van der Waals surface area contributed by atoms with Crippen molar-refractivity contribution in [1.82, 2.24) is 20.1 Å². The molecule has 2 amide bonds. The highest BCUT2D eigenvalue weighted by Gasteiger charge is 2.31. The molecule has 1 atom stereocenters. The van der Waals surface area contributed by atoms with Crippen LogP contribution in [0.25, 0.3) is 0 Å². The van der Waals surface area contributed by atoms with Crippen molar-refractivity contribution in [3.8, 4) is 11.5 Å². The molecule has 1 saturated heterocycles. The van der Waals surface area contributed by atoms with Gasteiger partial charge in [-0.1, -0.05) is 20.8 Å². The van der Waals surface area contributed by atoms with Crippen LogP contribution < -0.4 is 14.8 Å². The molecule has 2 aromatic rings. The first-order valence-electron chi connectivity index (χ1n) is 11.3. The molecule has 9 heteroatoms. The Bertz CT molecular complexity index is 931. The van der Waals surface area contributed by atoms with Crippen LogP contribution in [0.5, 0.6) is 11.5 Å². The van der Waals surface area contributed by atoms with Gasteiger partial charge in [-0.2, -0.15) is 0 Å². The molecule has 3 rings (SSSR count). The van der Waals surface area contributed by atoms with Gasteiger partial charge in [0.2, 0.25) is 5.91 Å². The number of carbonyl (C=O) groups is 2. The van der Waals surface area contributed by atoms with Crippen LogP contribution in [0.3, 0.4) is 0 Å². The number of rotatable bonds is 9. The fraction of sp³-hybridized carbons (Fsp3) is 0.542. The van der Waals surface area contributed by atoms with Crippen LogP contribution in [0.1, 0.15) is 41.8 Å². The second-order valence-electron chi connectivity index (χ2n) is 8.48. The second-order valence-corrected chi connectivity index (χ2v) is 9.43. The van der Waals surface area contributed by atoms with E-state index in [0.717, 1.165) is 36.8 Å². The van der Waals surface area contributed by atoms with Crippen molar-refractivity contribution in [2.24, 2.45) is 5.92 Å². The van der Waals surface area contributed by atoms with Gasteiger partial charge in [0.1, 0.15) is 17.5 Å². The number of aryl methyl sites for hydroxylation is 1. The van der Waals surface area contributed by atoms with Gasteiger partial charge in [0, 0.05) is 49.7 Å². The van der Waals surface area contributed by atoms with Crippen molar-refractivity contribution in [2.75, 3.05) is 40.4 Å². The molecule has 0 bridgehead atoms. The summed E-state index contributed by atoms with van der Waals surface area (Å²) in [4.78, 5) is 35.1. The van der Waals surface area contributed by atoms with E-state index in [0.29, 0.717) is 30.2 Å². The highest BCUT2D eigenvalue weighted by molar-refractivity contribution is 7.09. The third-order valence-electron chi connectivity index (χ3n) is 5.80. The maximum atomic E-state index is 13.3. The van der Waals surface area contributed by atoms with Crippen LogP contribution in [-0.4, -0.2) is 73.0 Å². The van der Waals surface area contributed by atoms with Crippen LogP contribution in [0, 0.1) is 5.92 Å². The smallest absolute Gasteiger partial charge is 0.252 e. The highest BCUT2D eigenvalue weighted by atomic mass is 32.1. The number of carbonyl (C=O) groups excluding carboxylic acids is 2. The van der Waals surface area contributed by atoms with Crippen LogP contribution >= 0.6 is 11.3 Å². The predicted molar refractivity (Wildman–Crippen MR) is 129 cm³/mol. The third kappa shape index (κ3) is 6.45. The topological polar surface area (TPSA) is 84.0 Å². The number of nitrogens with zero attached hydrogens (tertiary/aromatic N) is 3. The summed E-state index contributed by atoms with van der Waals surface area (Å²) in [7, 11) is 3.07. The fourth-order valence-corrected chi connectivity index (χ4v) is 4.55. The molecular formula is C24H34N4O4S. The summed E-state index contributed by atoms with van der Waals surface area (Å²) in [5, 5.41) is 6.20. The number of hydrogen-bond donors (Lipinski definition) is 1. The normalized spacial score (nSPS) is 15.4. The fourth-order valence-electron chi connectivity index (χ4n) is 3.81. The third-order valence-corrected chi connectivity index (χ3v) is 6.85. The Morgan fingerprint density at radius 1 is 1.09 bits per heavy atom. The van der Waals surface area contributed by atoms with Crippen LogP contribution in [-0.2, 0) is 17.8 Å². The minimum absolute atomic E-state index is 0.0465. The predicted octanol–water partition coefficient (Wildman–Crippen LogP) is 2.82. The van der Waals surface area contributed by atoms with E-state index in [2.05, 4.69) is 27.5 Å². The van der Waals surface area contributed by atoms with Crippen molar-refractivity contribution in [2.45, 2.75) is 39.8 Å². The van der Waals surface area contributed by atoms with Crippen molar-refractivity contribution >= 4 is 23.2 Å². The summed E-state index contributed by atoms with van der Waals surface area (Å²) in [5.41, 5.74) is 1.49. The zero-order valence-corrected chi connectivity index (χ0v) is 20.9. The number of ether oxygens (including phenoxy) is 2. The number of aromatic nitrogens is 1. The van der Waals surface area contributed by atoms with E-state index < -0.39 is 6.04 Å². The van der Waals surface area contributed by atoms with Gasteiger partial charge in [-0.15, -0.1) is 11.3 Å². The van der Waals surface area contributed by atoms with Gasteiger partial charge < -0.3 is 19.7 Å². The average Bonchev–Trinajstić information content (AvgIpc) is 3.29. The van der Waals surface area contributed by atoms with Crippen molar-refractivity contribution in [3.05, 3.63) is 39.8 Å². The van der Waals surface area contributed by atoms with E-state index in [1.54, 1.807) is 29.5 Å². The van der Waals surface area contributed by atoms with Crippen LogP contribution in [0.4, 0.5) is 0 Å². The Labute approximate surface area is 199 Å². The molecule has 1 aliphatic heterocycles. The number of nitrogens with one attached hydrogen (secondary N) is 1. The lowest BCUT2D eigenvalue weighted by molar-refractivity contribution is -0.136. The quantitative estimate of drug-likeness (QED) is 0.602. The maximum Gasteiger partial charge on any atom is 0.252 e. The molecule has 8 nitrogen and oxygen atoms in total. The molecular weight excluding hydrogens is 440 g/mol. The van der Waals surface area contributed by atoms with E-state index in [1.165, 1.54) is 14.2 Å². The van der Waals surface area contributed by atoms with Gasteiger partial charge in [0.25, 0.3) is 5.91 Å². The summed E-state index contributed by atoms with van der Waals surface area (Å²) in [6, 6.07) is 4.38. The summed E-state index contributed by atoms with van der Waals surface area (Å²) in [6.07, 6.45) is 0.956. The Kier molecular flexibility index (Phi) is 8.68. The number of hydrogen-bond acceptors (Lipinski definition) is 7. The number of thiazole rings is 1. The average molecular weight is 475 g/mol. The van der Waals surface area contributed by atoms with E-state index in [1.807, 2.05) is 18.7 Å². The first-order valence-corrected chi connectivity index (χ1v) is 12.2. The van der Waals surface area contributed by atoms with E-state index in [9.17, 15) is 9.59 Å². The Morgan fingerprint density at radius 2 is 1.73 bits per heavy atom. The van der Waals surface area contributed by atoms with Gasteiger partial charge in [-0.25, -0.2) is 4.98 Å². The van der Waals surface area contributed by atoms with Gasteiger partial charge in [-0.3, -0.25) is 14.5 Å². The van der Waals surface area contributed by atoms with E-state index in [4.69, 9.17) is 9.47 Å². The lowest BCUT2D eigenvalue weighted by atomic mass is 10.0. The molecule has 1 aliphatic rings. The zero-order chi connectivity index (χ0) is 24.0. The summed E-state index contributed by atoms with van der Waals surface area (Å²) in [5.74, 6) is 0.626. The standard InChI is InChI=1S/C24H34N4O4S/c1-6-21-25-18(15-33-21)14-27-7-9-28(10-8-27)24(30)22(16(2)3)26-23(29)17-11-19(31-4)13-20(12-17)32-5/h11-13,15-16,22H,6-10,14H2,1-5H3,(H,26,29). The minimum Gasteiger partial charge on any atom is -0.497 e. The second kappa shape index (κ2) is 11.5. The molecule has 33 heavy (non-hydrogen) atoms. The van der Waals surface area contributed by atoms with Crippen molar-refractivity contribution in [3.63, 3.8) is 0 Å². The van der Waals surface area contributed by atoms with Crippen molar-refractivity contribution < 1.29 is 19.1 Å². The molecule has 1 aromatic heterocycles. The minimum atomic E-state index is -0.605. The molecule has 0 spiro atoms. The Hall–Kier alpha value is -2.65. The summed E-state index contributed by atoms with van der Waals surface area (Å²) >= 11 is 1.70. The zero-order valence-electron chi connectivity index (χ0n) is 20.1. The van der Waals surface area contributed by atoms with Gasteiger partial charge >= 0.3 is 0 Å². The van der Waals surface area contributed by atoms with E-state index in [-0.39, 0.29) is 17.7 Å². The molecule has 0 radical (unpaired) electrons. The Morgan fingerprint density at radius 3 is 2.24 bits per heavy atom. The van der Waals surface area contributed by atoms with E-state index >= 15 is 0 Å². The Balaban J connectivity index is 1.60. The largest absolute Gasteiger partial charge is 0.497 e. The lowest BCUT2D eigenvalue weighted by Crippen LogP contribution is -2.56. The number of benzene rings is 1. The first-order chi connectivity index (χ1) is 15.8. The molecule has 1 unspecified atom stereocenters. The van der Waals surface area contributed by atoms with Crippen LogP contribution in [0.15, 0.2) is 23.6 Å². The molecule has 0 aliphatic carbocycles. The van der Waals surface area contributed by atoms with Crippen LogP contribution in [0.2, 0.25) is 0 Å². The molecule has 1 N–H and O–H groups in total. The maximum absolute atomic E-state index is 13.3. The molecule has 1 fully saturated rings. The first kappa shape index (κ1) is 25.0. The lowest BCUT2D eigenvalue weighted by Gasteiger charge is -2.37. The van der Waals surface area contributed by atoms with Gasteiger partial charge in [-0.05, 0) is 24.5 Å². The molecule has 180 valence electrons.